The zero-order valence-corrected chi connectivity index (χ0v) is 20.3. The highest BCUT2D eigenvalue weighted by atomic mass is 16.5. The molecular weight excluding hydrogens is 424 g/mol. The lowest BCUT2D eigenvalue weighted by molar-refractivity contribution is 0.0966. The fourth-order valence-corrected chi connectivity index (χ4v) is 3.91. The molecule has 0 radical (unpaired) electrons. The number of hydrogen-bond acceptors (Lipinski definition) is 5. The third kappa shape index (κ3) is 6.68. The summed E-state index contributed by atoms with van der Waals surface area (Å²) in [6, 6.07) is 11.9. The summed E-state index contributed by atoms with van der Waals surface area (Å²) in [6.45, 7) is 13.4. The molecule has 0 aliphatic carbocycles. The van der Waals surface area contributed by atoms with E-state index >= 15 is 0 Å². The Bertz CT molecular complexity index is 1100. The zero-order valence-electron chi connectivity index (χ0n) is 20.3. The van der Waals surface area contributed by atoms with Crippen LogP contribution in [0, 0.1) is 0 Å². The SMILES string of the molecule is C=CO/C(=C\C)c1ccc(C=C)c(/C=C(\C)NC(=O)c2cccc(NC3CCN(C)CC3)c2)n1. The second-order valence-corrected chi connectivity index (χ2v) is 8.40. The Balaban J connectivity index is 1.73. The highest BCUT2D eigenvalue weighted by molar-refractivity contribution is 5.96. The molecule has 178 valence electrons. The molecular formula is C28H34N4O2. The first-order valence-electron chi connectivity index (χ1n) is 11.6. The minimum atomic E-state index is -0.166. The van der Waals surface area contributed by atoms with Crippen molar-refractivity contribution in [3.63, 3.8) is 0 Å². The Labute approximate surface area is 202 Å². The van der Waals surface area contributed by atoms with Crippen LogP contribution in [0.15, 0.2) is 67.6 Å². The molecule has 6 heteroatoms. The predicted molar refractivity (Wildman–Crippen MR) is 141 cm³/mol. The van der Waals surface area contributed by atoms with Crippen LogP contribution < -0.4 is 10.6 Å². The van der Waals surface area contributed by atoms with Crippen LogP contribution in [0.1, 0.15) is 54.0 Å². The van der Waals surface area contributed by atoms with Gasteiger partial charge in [-0.1, -0.05) is 31.4 Å². The van der Waals surface area contributed by atoms with Gasteiger partial charge in [-0.05, 0) is 88.8 Å². The molecule has 0 spiro atoms. The van der Waals surface area contributed by atoms with E-state index in [0.29, 0.717) is 34.4 Å². The fraction of sp³-hybridized carbons (Fsp3) is 0.286. The number of carbonyl (C=O) groups is 1. The van der Waals surface area contributed by atoms with E-state index in [0.717, 1.165) is 37.2 Å². The molecule has 1 aromatic heterocycles. The Morgan fingerprint density at radius 1 is 1.21 bits per heavy atom. The van der Waals surface area contributed by atoms with Gasteiger partial charge in [0.1, 0.15) is 11.5 Å². The van der Waals surface area contributed by atoms with E-state index in [1.807, 2.05) is 62.4 Å². The highest BCUT2D eigenvalue weighted by Crippen LogP contribution is 2.20. The number of rotatable bonds is 9. The molecule has 1 fully saturated rings. The number of pyridine rings is 1. The van der Waals surface area contributed by atoms with E-state index in [1.165, 1.54) is 6.26 Å². The normalized spacial score (nSPS) is 15.5. The molecule has 6 nitrogen and oxygen atoms in total. The molecule has 3 rings (SSSR count). The lowest BCUT2D eigenvalue weighted by atomic mass is 10.0. The molecule has 1 aromatic carbocycles. The summed E-state index contributed by atoms with van der Waals surface area (Å²) in [5, 5.41) is 6.54. The number of aromatic nitrogens is 1. The first kappa shape index (κ1) is 25.0. The number of likely N-dealkylation sites (tertiary alicyclic amines) is 1. The quantitative estimate of drug-likeness (QED) is 0.483. The molecule has 2 N–H and O–H groups in total. The lowest BCUT2D eigenvalue weighted by Crippen LogP contribution is -2.36. The molecule has 2 heterocycles. The van der Waals surface area contributed by atoms with Gasteiger partial charge in [-0.2, -0.15) is 0 Å². The highest BCUT2D eigenvalue weighted by Gasteiger charge is 2.17. The minimum Gasteiger partial charge on any atom is -0.464 e. The molecule has 1 amide bonds. The van der Waals surface area contributed by atoms with Gasteiger partial charge in [-0.3, -0.25) is 4.79 Å². The topological polar surface area (TPSA) is 66.5 Å². The number of allylic oxidation sites excluding steroid dienone is 2. The Hall–Kier alpha value is -3.64. The molecule has 0 unspecified atom stereocenters. The van der Waals surface area contributed by atoms with Gasteiger partial charge in [0.15, 0.2) is 0 Å². The van der Waals surface area contributed by atoms with Crippen LogP contribution in [-0.4, -0.2) is 42.0 Å². The number of ether oxygens (including phenoxy) is 1. The summed E-state index contributed by atoms with van der Waals surface area (Å²) in [7, 11) is 2.15. The van der Waals surface area contributed by atoms with Crippen LogP contribution >= 0.6 is 0 Å². The van der Waals surface area contributed by atoms with Gasteiger partial charge < -0.3 is 20.3 Å². The van der Waals surface area contributed by atoms with Crippen LogP contribution in [0.2, 0.25) is 0 Å². The third-order valence-corrected chi connectivity index (χ3v) is 5.78. The maximum absolute atomic E-state index is 12.9. The molecule has 0 saturated carbocycles. The van der Waals surface area contributed by atoms with Crippen molar-refractivity contribution in [2.75, 3.05) is 25.5 Å². The average molecular weight is 459 g/mol. The van der Waals surface area contributed by atoms with Crippen molar-refractivity contribution in [2.45, 2.75) is 32.7 Å². The van der Waals surface area contributed by atoms with Gasteiger partial charge in [0, 0.05) is 23.0 Å². The fourth-order valence-electron chi connectivity index (χ4n) is 3.91. The summed E-state index contributed by atoms with van der Waals surface area (Å²) in [5.41, 5.74) is 4.47. The molecule has 34 heavy (non-hydrogen) atoms. The van der Waals surface area contributed by atoms with Crippen molar-refractivity contribution < 1.29 is 9.53 Å². The van der Waals surface area contributed by atoms with Crippen molar-refractivity contribution in [2.24, 2.45) is 0 Å². The maximum atomic E-state index is 12.9. The summed E-state index contributed by atoms with van der Waals surface area (Å²) < 4.78 is 5.44. The van der Waals surface area contributed by atoms with Crippen molar-refractivity contribution >= 4 is 29.5 Å². The molecule has 1 aliphatic heterocycles. The minimum absolute atomic E-state index is 0.166. The van der Waals surface area contributed by atoms with Crippen LogP contribution in [0.5, 0.6) is 0 Å². The number of nitrogens with one attached hydrogen (secondary N) is 2. The molecule has 0 bridgehead atoms. The zero-order chi connectivity index (χ0) is 24.5. The Morgan fingerprint density at radius 2 is 1.97 bits per heavy atom. The van der Waals surface area contributed by atoms with Crippen molar-refractivity contribution in [1.29, 1.82) is 0 Å². The van der Waals surface area contributed by atoms with Crippen LogP contribution in [0.4, 0.5) is 5.69 Å². The van der Waals surface area contributed by atoms with E-state index in [1.54, 1.807) is 6.08 Å². The molecule has 1 saturated heterocycles. The number of carbonyl (C=O) groups excluding carboxylic acids is 1. The second kappa shape index (κ2) is 12.0. The van der Waals surface area contributed by atoms with E-state index in [-0.39, 0.29) is 5.91 Å². The van der Waals surface area contributed by atoms with Crippen LogP contribution in [0.3, 0.4) is 0 Å². The second-order valence-electron chi connectivity index (χ2n) is 8.40. The van der Waals surface area contributed by atoms with Gasteiger partial charge in [0.2, 0.25) is 0 Å². The van der Waals surface area contributed by atoms with Crippen molar-refractivity contribution in [3.05, 3.63) is 90.1 Å². The van der Waals surface area contributed by atoms with Crippen molar-refractivity contribution in [3.8, 4) is 0 Å². The molecule has 2 aromatic rings. The number of piperidine rings is 1. The summed E-state index contributed by atoms with van der Waals surface area (Å²) in [6.07, 6.45) is 8.96. The number of anilines is 1. The van der Waals surface area contributed by atoms with E-state index in [4.69, 9.17) is 4.74 Å². The van der Waals surface area contributed by atoms with E-state index in [9.17, 15) is 4.79 Å². The number of benzene rings is 1. The first-order chi connectivity index (χ1) is 16.4. The van der Waals surface area contributed by atoms with Gasteiger partial charge in [-0.15, -0.1) is 0 Å². The van der Waals surface area contributed by atoms with Gasteiger partial charge in [0.25, 0.3) is 5.91 Å². The standard InChI is InChI=1S/C28H34N4O2/c1-6-21-12-13-25(27(7-2)34-8-3)31-26(21)18-20(4)29-28(33)22-10-9-11-24(19-22)30-23-14-16-32(5)17-15-23/h6-13,18-19,23,30H,1,3,14-17H2,2,4-5H3,(H,29,33)/b20-18+,27-7-. The van der Waals surface area contributed by atoms with Crippen LogP contribution in [-0.2, 0) is 4.74 Å². The lowest BCUT2D eigenvalue weighted by Gasteiger charge is -2.30. The Kier molecular flexibility index (Phi) is 8.82. The number of nitrogens with zero attached hydrogens (tertiary/aromatic N) is 2. The maximum Gasteiger partial charge on any atom is 0.255 e. The van der Waals surface area contributed by atoms with Gasteiger partial charge >= 0.3 is 0 Å². The largest absolute Gasteiger partial charge is 0.464 e. The summed E-state index contributed by atoms with van der Waals surface area (Å²) in [4.78, 5) is 19.9. The molecule has 1 aliphatic rings. The summed E-state index contributed by atoms with van der Waals surface area (Å²) in [5.74, 6) is 0.442. The predicted octanol–water partition coefficient (Wildman–Crippen LogP) is 5.54. The van der Waals surface area contributed by atoms with E-state index in [2.05, 4.69) is 40.7 Å². The third-order valence-electron chi connectivity index (χ3n) is 5.78. The first-order valence-corrected chi connectivity index (χ1v) is 11.6. The van der Waals surface area contributed by atoms with Gasteiger partial charge in [0.05, 0.1) is 12.0 Å². The monoisotopic (exact) mass is 458 g/mol. The summed E-state index contributed by atoms with van der Waals surface area (Å²) >= 11 is 0. The van der Waals surface area contributed by atoms with Gasteiger partial charge in [-0.25, -0.2) is 4.98 Å². The van der Waals surface area contributed by atoms with Crippen LogP contribution in [0.25, 0.3) is 17.9 Å². The number of hydrogen-bond donors (Lipinski definition) is 2. The average Bonchev–Trinajstić information content (AvgIpc) is 2.84. The number of amides is 1. The van der Waals surface area contributed by atoms with Crippen molar-refractivity contribution in [1.82, 2.24) is 15.2 Å². The van der Waals surface area contributed by atoms with E-state index < -0.39 is 0 Å². The smallest absolute Gasteiger partial charge is 0.255 e. The Morgan fingerprint density at radius 3 is 2.65 bits per heavy atom. The molecule has 0 atom stereocenters.